The smallest absolute Gasteiger partial charge is 0.286 e. The van der Waals surface area contributed by atoms with Crippen LogP contribution in [0, 0.1) is 0 Å². The highest BCUT2D eigenvalue weighted by atomic mass is 32.2. The second-order valence-electron chi connectivity index (χ2n) is 5.70. The summed E-state index contributed by atoms with van der Waals surface area (Å²) in [6, 6.07) is 5.67. The number of rotatable bonds is 4. The molecule has 0 N–H and O–H groups in total. The summed E-state index contributed by atoms with van der Waals surface area (Å²) >= 11 is 1.46. The number of benzene rings is 1. The first-order valence-electron chi connectivity index (χ1n) is 8.29. The van der Waals surface area contributed by atoms with Crippen LogP contribution in [0.25, 0.3) is 6.08 Å². The molecular weight excluding hydrogens is 324 g/mol. The molecule has 1 aromatic carbocycles. The van der Waals surface area contributed by atoms with Crippen LogP contribution in [0.4, 0.5) is 0 Å². The Morgan fingerprint density at radius 3 is 2.75 bits per heavy atom. The van der Waals surface area contributed by atoms with E-state index in [1.54, 1.807) is 7.11 Å². The van der Waals surface area contributed by atoms with Crippen LogP contribution in [0.15, 0.2) is 28.1 Å². The van der Waals surface area contributed by atoms with Crippen LogP contribution >= 0.6 is 11.8 Å². The summed E-state index contributed by atoms with van der Waals surface area (Å²) in [7, 11) is 1.61. The molecule has 24 heavy (non-hydrogen) atoms. The van der Waals surface area contributed by atoms with Crippen molar-refractivity contribution in [2.45, 2.75) is 26.2 Å². The number of likely N-dealkylation sites (tertiary alicyclic amines) is 1. The van der Waals surface area contributed by atoms with Crippen LogP contribution in [-0.4, -0.2) is 42.8 Å². The van der Waals surface area contributed by atoms with E-state index in [0.29, 0.717) is 23.0 Å². The number of ether oxygens (including phenoxy) is 2. The number of nitrogens with zero attached hydrogens (tertiary/aromatic N) is 2. The molecule has 0 bridgehead atoms. The third-order valence-electron chi connectivity index (χ3n) is 4.02. The maximum absolute atomic E-state index is 12.2. The molecule has 2 aliphatic heterocycles. The maximum Gasteiger partial charge on any atom is 0.286 e. The minimum absolute atomic E-state index is 0.159. The number of hydrogen-bond donors (Lipinski definition) is 0. The Hall–Kier alpha value is -1.95. The van der Waals surface area contributed by atoms with Gasteiger partial charge in [0.25, 0.3) is 5.91 Å². The van der Waals surface area contributed by atoms with Crippen LogP contribution in [0.2, 0.25) is 0 Å². The van der Waals surface area contributed by atoms with Crippen molar-refractivity contribution < 1.29 is 14.3 Å². The monoisotopic (exact) mass is 346 g/mol. The van der Waals surface area contributed by atoms with E-state index in [1.807, 2.05) is 31.2 Å². The van der Waals surface area contributed by atoms with Gasteiger partial charge < -0.3 is 14.4 Å². The lowest BCUT2D eigenvalue weighted by molar-refractivity contribution is -0.113. The Bertz CT molecular complexity index is 679. The molecule has 5 nitrogen and oxygen atoms in total. The molecule has 1 saturated heterocycles. The van der Waals surface area contributed by atoms with Gasteiger partial charge in [-0.1, -0.05) is 6.07 Å². The highest BCUT2D eigenvalue weighted by molar-refractivity contribution is 8.18. The van der Waals surface area contributed by atoms with Crippen molar-refractivity contribution in [3.8, 4) is 11.5 Å². The summed E-state index contributed by atoms with van der Waals surface area (Å²) in [5, 5.41) is 0.837. The lowest BCUT2D eigenvalue weighted by atomic mass is 10.1. The summed E-state index contributed by atoms with van der Waals surface area (Å²) in [6.07, 6.45) is 5.47. The molecule has 0 aromatic heterocycles. The fraction of sp³-hybridized carbons (Fsp3) is 0.444. The standard InChI is InChI=1S/C18H22N2O3S/c1-3-23-14-8-7-13(11-15(14)22-2)12-16-17(21)19-18(24-16)20-9-5-4-6-10-20/h7-8,11-12H,3-6,9-10H2,1-2H3/b16-12+. The van der Waals surface area contributed by atoms with Gasteiger partial charge in [0.05, 0.1) is 18.6 Å². The maximum atomic E-state index is 12.2. The lowest BCUT2D eigenvalue weighted by Gasteiger charge is -2.27. The van der Waals surface area contributed by atoms with Gasteiger partial charge in [-0.2, -0.15) is 4.99 Å². The van der Waals surface area contributed by atoms with Crippen molar-refractivity contribution in [3.05, 3.63) is 28.7 Å². The summed E-state index contributed by atoms with van der Waals surface area (Å²) in [6.45, 7) is 4.49. The molecule has 0 atom stereocenters. The van der Waals surface area contributed by atoms with Gasteiger partial charge in [0.1, 0.15) is 0 Å². The number of thioether (sulfide) groups is 1. The van der Waals surface area contributed by atoms with E-state index in [4.69, 9.17) is 9.47 Å². The molecule has 0 aliphatic carbocycles. The van der Waals surface area contributed by atoms with E-state index in [1.165, 1.54) is 31.0 Å². The summed E-state index contributed by atoms with van der Waals surface area (Å²) in [5.41, 5.74) is 0.904. The van der Waals surface area contributed by atoms with Gasteiger partial charge in [-0.3, -0.25) is 4.79 Å². The highest BCUT2D eigenvalue weighted by Gasteiger charge is 2.26. The molecule has 2 aliphatic rings. The Labute approximate surface area is 146 Å². The van der Waals surface area contributed by atoms with Crippen LogP contribution < -0.4 is 9.47 Å². The number of hydrogen-bond acceptors (Lipinski definition) is 5. The molecule has 0 saturated carbocycles. The fourth-order valence-electron chi connectivity index (χ4n) is 2.82. The molecule has 0 spiro atoms. The van der Waals surface area contributed by atoms with E-state index in [0.717, 1.165) is 23.8 Å². The quantitative estimate of drug-likeness (QED) is 0.781. The van der Waals surface area contributed by atoms with E-state index >= 15 is 0 Å². The summed E-state index contributed by atoms with van der Waals surface area (Å²) in [4.78, 5) is 19.3. The third kappa shape index (κ3) is 3.75. The normalized spacial score (nSPS) is 19.6. The van der Waals surface area contributed by atoms with E-state index < -0.39 is 0 Å². The van der Waals surface area contributed by atoms with Crippen LogP contribution in [0.5, 0.6) is 11.5 Å². The Morgan fingerprint density at radius 1 is 1.25 bits per heavy atom. The van der Waals surface area contributed by atoms with Gasteiger partial charge in [-0.25, -0.2) is 0 Å². The second kappa shape index (κ2) is 7.75. The lowest BCUT2D eigenvalue weighted by Crippen LogP contribution is -2.33. The van der Waals surface area contributed by atoms with E-state index in [2.05, 4.69) is 9.89 Å². The zero-order valence-corrected chi connectivity index (χ0v) is 14.9. The largest absolute Gasteiger partial charge is 0.493 e. The minimum atomic E-state index is -0.159. The highest BCUT2D eigenvalue weighted by Crippen LogP contribution is 2.33. The first-order chi connectivity index (χ1) is 11.7. The number of amides is 1. The predicted molar refractivity (Wildman–Crippen MR) is 97.6 cm³/mol. The molecule has 1 aromatic rings. The van der Waals surface area contributed by atoms with Crippen molar-refractivity contribution >= 4 is 28.9 Å². The number of carbonyl (C=O) groups is 1. The Morgan fingerprint density at radius 2 is 2.04 bits per heavy atom. The topological polar surface area (TPSA) is 51.1 Å². The molecule has 1 amide bonds. The minimum Gasteiger partial charge on any atom is -0.493 e. The van der Waals surface area contributed by atoms with Gasteiger partial charge in [0.2, 0.25) is 0 Å². The number of methoxy groups -OCH3 is 1. The number of piperidine rings is 1. The van der Waals surface area contributed by atoms with Gasteiger partial charge in [-0.15, -0.1) is 0 Å². The molecule has 1 fully saturated rings. The average Bonchev–Trinajstić information content (AvgIpc) is 2.98. The molecule has 128 valence electrons. The van der Waals surface area contributed by atoms with Gasteiger partial charge in [-0.05, 0) is 61.7 Å². The molecular formula is C18H22N2O3S. The second-order valence-corrected chi connectivity index (χ2v) is 6.71. The van der Waals surface area contributed by atoms with Gasteiger partial charge in [0, 0.05) is 13.1 Å². The van der Waals surface area contributed by atoms with Crippen molar-refractivity contribution in [1.82, 2.24) is 4.90 Å². The molecule has 2 heterocycles. The zero-order valence-electron chi connectivity index (χ0n) is 14.1. The summed E-state index contributed by atoms with van der Waals surface area (Å²) in [5.74, 6) is 1.21. The first kappa shape index (κ1) is 16.9. The first-order valence-corrected chi connectivity index (χ1v) is 9.11. The number of carbonyl (C=O) groups excluding carboxylic acids is 1. The van der Waals surface area contributed by atoms with Crippen LogP contribution in [0.3, 0.4) is 0 Å². The Kier molecular flexibility index (Phi) is 5.45. The molecule has 0 unspecified atom stereocenters. The SMILES string of the molecule is CCOc1ccc(/C=C2/SC(N3CCCCC3)=NC2=O)cc1OC. The molecule has 3 rings (SSSR count). The van der Waals surface area contributed by atoms with Crippen molar-refractivity contribution in [2.75, 3.05) is 26.8 Å². The van der Waals surface area contributed by atoms with E-state index in [-0.39, 0.29) is 5.91 Å². The van der Waals surface area contributed by atoms with Crippen molar-refractivity contribution in [2.24, 2.45) is 4.99 Å². The third-order valence-corrected chi connectivity index (χ3v) is 5.07. The van der Waals surface area contributed by atoms with Crippen molar-refractivity contribution in [1.29, 1.82) is 0 Å². The number of amidine groups is 1. The van der Waals surface area contributed by atoms with E-state index in [9.17, 15) is 4.79 Å². The average molecular weight is 346 g/mol. The summed E-state index contributed by atoms with van der Waals surface area (Å²) < 4.78 is 10.9. The molecule has 6 heteroatoms. The van der Waals surface area contributed by atoms with Crippen LogP contribution in [0.1, 0.15) is 31.7 Å². The fourth-order valence-corrected chi connectivity index (χ4v) is 3.78. The zero-order chi connectivity index (χ0) is 16.9. The van der Waals surface area contributed by atoms with Crippen LogP contribution in [-0.2, 0) is 4.79 Å². The van der Waals surface area contributed by atoms with Gasteiger partial charge in [0.15, 0.2) is 16.7 Å². The molecule has 0 radical (unpaired) electrons. The predicted octanol–water partition coefficient (Wildman–Crippen LogP) is 3.55. The van der Waals surface area contributed by atoms with Gasteiger partial charge >= 0.3 is 0 Å². The Balaban J connectivity index is 1.76. The van der Waals surface area contributed by atoms with Crippen molar-refractivity contribution in [3.63, 3.8) is 0 Å². The number of aliphatic imine (C=N–C) groups is 1.